The van der Waals surface area contributed by atoms with E-state index in [-0.39, 0.29) is 11.9 Å². The number of piperidine rings is 1. The molecule has 1 aromatic carbocycles. The lowest BCUT2D eigenvalue weighted by molar-refractivity contribution is 0.0900. The molecule has 0 atom stereocenters. The number of hydrogen-bond acceptors (Lipinski definition) is 3. The van der Waals surface area contributed by atoms with Crippen LogP contribution >= 0.6 is 15.9 Å². The van der Waals surface area contributed by atoms with Crippen molar-refractivity contribution in [3.05, 3.63) is 28.2 Å². The van der Waals surface area contributed by atoms with Crippen LogP contribution in [-0.4, -0.2) is 36.0 Å². The van der Waals surface area contributed by atoms with Gasteiger partial charge in [-0.25, -0.2) is 0 Å². The molecule has 1 aromatic rings. The van der Waals surface area contributed by atoms with E-state index in [1.165, 1.54) is 0 Å². The molecule has 1 saturated heterocycles. The van der Waals surface area contributed by atoms with Crippen molar-refractivity contribution in [1.29, 1.82) is 0 Å². The number of nitrogen functional groups attached to an aromatic ring is 1. The van der Waals surface area contributed by atoms with Crippen molar-refractivity contribution in [2.45, 2.75) is 38.8 Å². The third kappa shape index (κ3) is 3.96. The van der Waals surface area contributed by atoms with Gasteiger partial charge in [-0.15, -0.1) is 0 Å². The van der Waals surface area contributed by atoms with Crippen molar-refractivity contribution in [3.63, 3.8) is 0 Å². The molecule has 0 radical (unpaired) electrons. The van der Waals surface area contributed by atoms with E-state index in [4.69, 9.17) is 5.73 Å². The quantitative estimate of drug-likeness (QED) is 0.832. The molecule has 3 N–H and O–H groups in total. The molecule has 4 nitrogen and oxygen atoms in total. The molecule has 1 aliphatic heterocycles. The Morgan fingerprint density at radius 3 is 2.55 bits per heavy atom. The lowest BCUT2D eigenvalue weighted by Gasteiger charge is -2.34. The summed E-state index contributed by atoms with van der Waals surface area (Å²) in [6.07, 6.45) is 2.01. The van der Waals surface area contributed by atoms with E-state index < -0.39 is 0 Å². The van der Waals surface area contributed by atoms with Gasteiger partial charge in [-0.1, -0.05) is 15.9 Å². The Balaban J connectivity index is 1.92. The van der Waals surface area contributed by atoms with E-state index in [9.17, 15) is 4.79 Å². The number of nitrogens with one attached hydrogen (secondary N) is 1. The van der Waals surface area contributed by atoms with Crippen LogP contribution in [0.5, 0.6) is 0 Å². The van der Waals surface area contributed by atoms with Crippen molar-refractivity contribution < 1.29 is 4.79 Å². The highest BCUT2D eigenvalue weighted by Gasteiger charge is 2.22. The zero-order valence-electron chi connectivity index (χ0n) is 12.0. The monoisotopic (exact) mass is 339 g/mol. The first kappa shape index (κ1) is 15.3. The lowest BCUT2D eigenvalue weighted by Crippen LogP contribution is -2.46. The molecule has 1 aliphatic rings. The first-order chi connectivity index (χ1) is 9.45. The fourth-order valence-electron chi connectivity index (χ4n) is 2.57. The number of carbonyl (C=O) groups excluding carboxylic acids is 1. The summed E-state index contributed by atoms with van der Waals surface area (Å²) >= 11 is 3.36. The van der Waals surface area contributed by atoms with E-state index in [1.54, 1.807) is 18.2 Å². The molecule has 2 rings (SSSR count). The number of nitrogens with two attached hydrogens (primary N) is 1. The number of carbonyl (C=O) groups is 1. The number of halogens is 1. The Morgan fingerprint density at radius 2 is 2.00 bits per heavy atom. The van der Waals surface area contributed by atoms with Crippen LogP contribution in [0.25, 0.3) is 0 Å². The third-order valence-electron chi connectivity index (χ3n) is 3.78. The van der Waals surface area contributed by atoms with Gasteiger partial charge in [0.1, 0.15) is 0 Å². The number of rotatable bonds is 3. The summed E-state index contributed by atoms with van der Waals surface area (Å²) < 4.78 is 0.831. The second kappa shape index (κ2) is 6.59. The van der Waals surface area contributed by atoms with Crippen LogP contribution in [0.3, 0.4) is 0 Å². The highest BCUT2D eigenvalue weighted by molar-refractivity contribution is 9.10. The van der Waals surface area contributed by atoms with Gasteiger partial charge < -0.3 is 16.0 Å². The number of likely N-dealkylation sites (tertiary alicyclic amines) is 1. The van der Waals surface area contributed by atoms with Crippen molar-refractivity contribution in [2.75, 3.05) is 18.8 Å². The minimum Gasteiger partial charge on any atom is -0.399 e. The average molecular weight is 340 g/mol. The van der Waals surface area contributed by atoms with Crippen LogP contribution in [0, 0.1) is 0 Å². The second-order valence-corrected chi connectivity index (χ2v) is 6.57. The molecule has 110 valence electrons. The summed E-state index contributed by atoms with van der Waals surface area (Å²) in [5.41, 5.74) is 6.98. The smallest absolute Gasteiger partial charge is 0.251 e. The van der Waals surface area contributed by atoms with Crippen molar-refractivity contribution in [3.8, 4) is 0 Å². The van der Waals surface area contributed by atoms with E-state index in [0.29, 0.717) is 17.3 Å². The molecule has 0 unspecified atom stereocenters. The van der Waals surface area contributed by atoms with Crippen LogP contribution in [0.1, 0.15) is 37.0 Å². The first-order valence-electron chi connectivity index (χ1n) is 7.06. The van der Waals surface area contributed by atoms with Crippen molar-refractivity contribution >= 4 is 27.5 Å². The fraction of sp³-hybridized carbons (Fsp3) is 0.533. The predicted octanol–water partition coefficient (Wildman–Crippen LogP) is 2.63. The average Bonchev–Trinajstić information content (AvgIpc) is 2.38. The van der Waals surface area contributed by atoms with Gasteiger partial charge in [0.05, 0.1) is 0 Å². The molecule has 0 aliphatic carbocycles. The Kier molecular flexibility index (Phi) is 5.05. The number of benzene rings is 1. The molecule has 0 aromatic heterocycles. The Labute approximate surface area is 128 Å². The van der Waals surface area contributed by atoms with Gasteiger partial charge >= 0.3 is 0 Å². The van der Waals surface area contributed by atoms with Crippen LogP contribution in [0.4, 0.5) is 5.69 Å². The van der Waals surface area contributed by atoms with Gasteiger partial charge in [0, 0.05) is 40.9 Å². The summed E-state index contributed by atoms with van der Waals surface area (Å²) in [5, 5.41) is 3.11. The number of amides is 1. The van der Waals surface area contributed by atoms with Crippen LogP contribution in [0.2, 0.25) is 0 Å². The molecule has 1 amide bonds. The summed E-state index contributed by atoms with van der Waals surface area (Å²) in [4.78, 5) is 14.7. The Bertz CT molecular complexity index is 462. The first-order valence-corrected chi connectivity index (χ1v) is 7.86. The van der Waals surface area contributed by atoms with Gasteiger partial charge in [-0.2, -0.15) is 0 Å². The lowest BCUT2D eigenvalue weighted by atomic mass is 10.0. The molecule has 0 bridgehead atoms. The highest BCUT2D eigenvalue weighted by atomic mass is 79.9. The molecule has 0 saturated carbocycles. The van der Waals surface area contributed by atoms with E-state index in [0.717, 1.165) is 30.4 Å². The third-order valence-corrected chi connectivity index (χ3v) is 4.24. The zero-order valence-corrected chi connectivity index (χ0v) is 13.6. The summed E-state index contributed by atoms with van der Waals surface area (Å²) in [7, 11) is 0. The number of hydrogen-bond donors (Lipinski definition) is 2. The maximum atomic E-state index is 12.2. The minimum atomic E-state index is -0.0407. The molecular weight excluding hydrogens is 318 g/mol. The molecule has 5 heteroatoms. The summed E-state index contributed by atoms with van der Waals surface area (Å²) in [5.74, 6) is -0.0407. The SMILES string of the molecule is CC(C)N1CCC(NC(=O)c2cc(N)cc(Br)c2)CC1. The van der Waals surface area contributed by atoms with E-state index in [1.807, 2.05) is 0 Å². The van der Waals surface area contributed by atoms with Gasteiger partial charge in [-0.05, 0) is 44.9 Å². The largest absolute Gasteiger partial charge is 0.399 e. The van der Waals surface area contributed by atoms with Gasteiger partial charge in [0.2, 0.25) is 0 Å². The normalized spacial score (nSPS) is 17.4. The maximum absolute atomic E-state index is 12.2. The van der Waals surface area contributed by atoms with Gasteiger partial charge in [0.25, 0.3) is 5.91 Å². The van der Waals surface area contributed by atoms with E-state index >= 15 is 0 Å². The van der Waals surface area contributed by atoms with Crippen LogP contribution in [0.15, 0.2) is 22.7 Å². The van der Waals surface area contributed by atoms with E-state index in [2.05, 4.69) is 40.0 Å². The predicted molar refractivity (Wildman–Crippen MR) is 85.8 cm³/mol. The van der Waals surface area contributed by atoms with Crippen LogP contribution in [-0.2, 0) is 0 Å². The van der Waals surface area contributed by atoms with Gasteiger partial charge in [-0.3, -0.25) is 4.79 Å². The molecule has 20 heavy (non-hydrogen) atoms. The molecule has 1 heterocycles. The Hall–Kier alpha value is -1.07. The standard InChI is InChI=1S/C15H22BrN3O/c1-10(2)19-5-3-14(4-6-19)18-15(20)11-7-12(16)9-13(17)8-11/h7-10,14H,3-6,17H2,1-2H3,(H,18,20). The van der Waals surface area contributed by atoms with Gasteiger partial charge in [0.15, 0.2) is 0 Å². The molecular formula is C15H22BrN3O. The molecule has 1 fully saturated rings. The highest BCUT2D eigenvalue weighted by Crippen LogP contribution is 2.18. The second-order valence-electron chi connectivity index (χ2n) is 5.65. The molecule has 0 spiro atoms. The summed E-state index contributed by atoms with van der Waals surface area (Å²) in [6, 6.07) is 6.14. The van der Waals surface area contributed by atoms with Crippen molar-refractivity contribution in [1.82, 2.24) is 10.2 Å². The van der Waals surface area contributed by atoms with Crippen LogP contribution < -0.4 is 11.1 Å². The minimum absolute atomic E-state index is 0.0407. The zero-order chi connectivity index (χ0) is 14.7. The topological polar surface area (TPSA) is 58.4 Å². The number of anilines is 1. The maximum Gasteiger partial charge on any atom is 0.251 e. The van der Waals surface area contributed by atoms with Crippen molar-refractivity contribution in [2.24, 2.45) is 0 Å². The summed E-state index contributed by atoms with van der Waals surface area (Å²) in [6.45, 7) is 6.51. The number of nitrogens with zero attached hydrogens (tertiary/aromatic N) is 1. The Morgan fingerprint density at radius 1 is 1.35 bits per heavy atom. The fourth-order valence-corrected chi connectivity index (χ4v) is 3.08.